The van der Waals surface area contributed by atoms with Crippen molar-refractivity contribution in [2.75, 3.05) is 19.6 Å². The van der Waals surface area contributed by atoms with Crippen molar-refractivity contribution in [1.82, 2.24) is 4.90 Å². The molecule has 0 bridgehead atoms. The Balaban J connectivity index is 2.57. The minimum absolute atomic E-state index is 0.529. The van der Waals surface area contributed by atoms with Gasteiger partial charge in [0.1, 0.15) is 0 Å². The fraction of sp³-hybridized carbons (Fsp3) is 0.929. The van der Waals surface area contributed by atoms with Gasteiger partial charge in [-0.3, -0.25) is 4.79 Å². The van der Waals surface area contributed by atoms with E-state index in [4.69, 9.17) is 0 Å². The van der Waals surface area contributed by atoms with Gasteiger partial charge >= 0.3 is 5.97 Å². The van der Waals surface area contributed by atoms with Crippen molar-refractivity contribution in [3.8, 4) is 0 Å². The molecule has 1 aliphatic rings. The first kappa shape index (κ1) is 14.5. The first-order valence-electron chi connectivity index (χ1n) is 6.72. The summed E-state index contributed by atoms with van der Waals surface area (Å²) in [5.41, 5.74) is -0.529. The van der Waals surface area contributed by atoms with Crippen LogP contribution in [0.3, 0.4) is 0 Å². The predicted molar refractivity (Wildman–Crippen MR) is 70.0 cm³/mol. The molecule has 3 nitrogen and oxygen atoms in total. The lowest BCUT2D eigenvalue weighted by atomic mass is 9.85. The van der Waals surface area contributed by atoms with Gasteiger partial charge in [0.15, 0.2) is 0 Å². The first-order chi connectivity index (χ1) is 7.76. The van der Waals surface area contributed by atoms with Gasteiger partial charge in [0.2, 0.25) is 0 Å². The number of carbonyl (C=O) groups is 1. The first-order valence-corrected chi connectivity index (χ1v) is 6.72. The van der Waals surface area contributed by atoms with Gasteiger partial charge in [-0.2, -0.15) is 0 Å². The van der Waals surface area contributed by atoms with Crippen molar-refractivity contribution < 1.29 is 9.90 Å². The maximum Gasteiger partial charge on any atom is 0.310 e. The summed E-state index contributed by atoms with van der Waals surface area (Å²) in [7, 11) is 0. The van der Waals surface area contributed by atoms with E-state index in [1.165, 1.54) is 0 Å². The lowest BCUT2D eigenvalue weighted by Crippen LogP contribution is -2.36. The van der Waals surface area contributed by atoms with Crippen molar-refractivity contribution in [3.05, 3.63) is 0 Å². The van der Waals surface area contributed by atoms with Crippen molar-refractivity contribution in [1.29, 1.82) is 0 Å². The fourth-order valence-electron chi connectivity index (χ4n) is 2.88. The summed E-state index contributed by atoms with van der Waals surface area (Å²) in [6.45, 7) is 13.6. The number of rotatable bonds is 5. The van der Waals surface area contributed by atoms with Crippen molar-refractivity contribution in [2.45, 2.75) is 41.0 Å². The van der Waals surface area contributed by atoms with Crippen LogP contribution in [0.5, 0.6) is 0 Å². The van der Waals surface area contributed by atoms with Gasteiger partial charge in [0.05, 0.1) is 5.41 Å². The molecule has 100 valence electrons. The van der Waals surface area contributed by atoms with E-state index >= 15 is 0 Å². The van der Waals surface area contributed by atoms with Crippen LogP contribution in [0.4, 0.5) is 0 Å². The molecule has 0 saturated carbocycles. The smallest absolute Gasteiger partial charge is 0.310 e. The van der Waals surface area contributed by atoms with E-state index in [0.717, 1.165) is 19.5 Å². The van der Waals surface area contributed by atoms with Gasteiger partial charge < -0.3 is 10.0 Å². The maximum absolute atomic E-state index is 11.2. The normalized spacial score (nSPS) is 26.4. The second-order valence-corrected chi connectivity index (χ2v) is 6.50. The molecule has 0 aromatic rings. The Morgan fingerprint density at radius 3 is 2.18 bits per heavy atom. The summed E-state index contributed by atoms with van der Waals surface area (Å²) >= 11 is 0. The molecule has 1 N–H and O–H groups in total. The second-order valence-electron chi connectivity index (χ2n) is 6.50. The van der Waals surface area contributed by atoms with Crippen molar-refractivity contribution >= 4 is 5.97 Å². The number of hydrogen-bond acceptors (Lipinski definition) is 2. The molecule has 1 aliphatic heterocycles. The molecule has 0 aromatic carbocycles. The van der Waals surface area contributed by atoms with Crippen molar-refractivity contribution in [2.24, 2.45) is 23.2 Å². The van der Waals surface area contributed by atoms with Gasteiger partial charge in [-0.25, -0.2) is 0 Å². The fourth-order valence-corrected chi connectivity index (χ4v) is 2.88. The minimum atomic E-state index is -0.648. The molecule has 1 rings (SSSR count). The lowest BCUT2D eigenvalue weighted by molar-refractivity contribution is -0.147. The summed E-state index contributed by atoms with van der Waals surface area (Å²) in [5, 5.41) is 9.22. The van der Waals surface area contributed by atoms with Crippen LogP contribution >= 0.6 is 0 Å². The SMILES string of the molecule is CC(C)C(CN1CCC(C)(C(=O)O)C1)C(C)C. The number of carboxylic acid groups (broad SMARTS) is 1. The zero-order valence-corrected chi connectivity index (χ0v) is 11.9. The van der Waals surface area contributed by atoms with Crippen LogP contribution in [0, 0.1) is 23.2 Å². The van der Waals surface area contributed by atoms with E-state index in [2.05, 4.69) is 32.6 Å². The molecule has 1 fully saturated rings. The Hall–Kier alpha value is -0.570. The molecule has 3 heteroatoms. The summed E-state index contributed by atoms with van der Waals surface area (Å²) < 4.78 is 0. The molecule has 0 radical (unpaired) electrons. The molecule has 0 spiro atoms. The third kappa shape index (κ3) is 3.44. The maximum atomic E-state index is 11.2. The van der Waals surface area contributed by atoms with Crippen LogP contribution < -0.4 is 0 Å². The molecule has 1 atom stereocenters. The van der Waals surface area contributed by atoms with Crippen molar-refractivity contribution in [3.63, 3.8) is 0 Å². The van der Waals surface area contributed by atoms with Gasteiger partial charge in [-0.05, 0) is 37.6 Å². The Kier molecular flexibility index (Phi) is 4.59. The summed E-state index contributed by atoms with van der Waals surface area (Å²) in [5.74, 6) is 1.33. The highest BCUT2D eigenvalue weighted by molar-refractivity contribution is 5.74. The second kappa shape index (κ2) is 5.38. The lowest BCUT2D eigenvalue weighted by Gasteiger charge is -2.30. The number of likely N-dealkylation sites (tertiary alicyclic amines) is 1. The van der Waals surface area contributed by atoms with Crippen LogP contribution in [0.25, 0.3) is 0 Å². The zero-order chi connectivity index (χ0) is 13.2. The molecule has 1 heterocycles. The standard InChI is InChI=1S/C14H27NO2/c1-10(2)12(11(3)4)8-15-7-6-14(5,9-15)13(16)17/h10-12H,6-9H2,1-5H3,(H,16,17). The van der Waals surface area contributed by atoms with Crippen LogP contribution in [0.15, 0.2) is 0 Å². The Labute approximate surface area is 105 Å². The van der Waals surface area contributed by atoms with E-state index < -0.39 is 11.4 Å². The monoisotopic (exact) mass is 241 g/mol. The molecular weight excluding hydrogens is 214 g/mol. The Morgan fingerprint density at radius 1 is 1.29 bits per heavy atom. The van der Waals surface area contributed by atoms with Gasteiger partial charge in [-0.1, -0.05) is 27.7 Å². The minimum Gasteiger partial charge on any atom is -0.481 e. The Bertz CT molecular complexity index is 267. The molecule has 0 aromatic heterocycles. The summed E-state index contributed by atoms with van der Waals surface area (Å²) in [4.78, 5) is 13.5. The molecule has 0 aliphatic carbocycles. The van der Waals surface area contributed by atoms with Gasteiger partial charge in [0.25, 0.3) is 0 Å². The molecular formula is C14H27NO2. The molecule has 1 saturated heterocycles. The highest BCUT2D eigenvalue weighted by Crippen LogP contribution is 2.32. The predicted octanol–water partition coefficient (Wildman–Crippen LogP) is 2.71. The van der Waals surface area contributed by atoms with Crippen LogP contribution in [0.2, 0.25) is 0 Å². The van der Waals surface area contributed by atoms with Crippen LogP contribution in [-0.4, -0.2) is 35.6 Å². The molecule has 17 heavy (non-hydrogen) atoms. The Morgan fingerprint density at radius 2 is 1.82 bits per heavy atom. The third-order valence-electron chi connectivity index (χ3n) is 4.25. The summed E-state index contributed by atoms with van der Waals surface area (Å²) in [6.07, 6.45) is 0.783. The highest BCUT2D eigenvalue weighted by Gasteiger charge is 2.41. The van der Waals surface area contributed by atoms with Gasteiger partial charge in [0, 0.05) is 13.1 Å². The number of carboxylic acids is 1. The highest BCUT2D eigenvalue weighted by atomic mass is 16.4. The average molecular weight is 241 g/mol. The largest absolute Gasteiger partial charge is 0.481 e. The number of aliphatic carboxylic acids is 1. The van der Waals surface area contributed by atoms with E-state index in [9.17, 15) is 9.90 Å². The number of hydrogen-bond donors (Lipinski definition) is 1. The van der Waals surface area contributed by atoms with Gasteiger partial charge in [-0.15, -0.1) is 0 Å². The van der Waals surface area contributed by atoms with E-state index in [1.54, 1.807) is 0 Å². The molecule has 1 unspecified atom stereocenters. The average Bonchev–Trinajstić information content (AvgIpc) is 2.57. The zero-order valence-electron chi connectivity index (χ0n) is 11.9. The summed E-state index contributed by atoms with van der Waals surface area (Å²) in [6, 6.07) is 0. The third-order valence-corrected chi connectivity index (χ3v) is 4.25. The van der Waals surface area contributed by atoms with E-state index in [0.29, 0.717) is 24.3 Å². The van der Waals surface area contributed by atoms with Crippen LogP contribution in [-0.2, 0) is 4.79 Å². The topological polar surface area (TPSA) is 40.5 Å². The number of nitrogens with zero attached hydrogens (tertiary/aromatic N) is 1. The molecule has 0 amide bonds. The van der Waals surface area contributed by atoms with E-state index in [-0.39, 0.29) is 0 Å². The van der Waals surface area contributed by atoms with E-state index in [1.807, 2.05) is 6.92 Å². The van der Waals surface area contributed by atoms with Crippen LogP contribution in [0.1, 0.15) is 41.0 Å². The quantitative estimate of drug-likeness (QED) is 0.804.